The molecule has 5 rings (SSSR count). The Morgan fingerprint density at radius 1 is 1.30 bits per heavy atom. The first-order valence-corrected chi connectivity index (χ1v) is 11.9. The molecular weight excluding hydrogens is 440 g/mol. The standard InChI is InChI=1S/C21H19ClN4O2S2/c1-11-3-8-14-16(9-11)30-19-17(14)18(28)25(2)20-23-24-21(26(19)20)29-10-15(27)12-4-6-13(22)7-5-12/h4-7,11H,3,8-10H2,1-2H3/t11-/m0/s1. The number of benzene rings is 1. The van der Waals surface area contributed by atoms with Crippen molar-refractivity contribution in [2.24, 2.45) is 13.0 Å². The lowest BCUT2D eigenvalue weighted by molar-refractivity contribution is 0.102. The highest BCUT2D eigenvalue weighted by Gasteiger charge is 2.26. The predicted octanol–water partition coefficient (Wildman–Crippen LogP) is 4.40. The number of carbonyl (C=O) groups is 1. The van der Waals surface area contributed by atoms with Crippen LogP contribution in [0.2, 0.25) is 5.02 Å². The highest BCUT2D eigenvalue weighted by molar-refractivity contribution is 7.99. The van der Waals surface area contributed by atoms with Gasteiger partial charge in [0.2, 0.25) is 5.78 Å². The molecule has 154 valence electrons. The van der Waals surface area contributed by atoms with Gasteiger partial charge < -0.3 is 0 Å². The molecule has 0 fully saturated rings. The Bertz CT molecular complexity index is 1350. The lowest BCUT2D eigenvalue weighted by Gasteiger charge is -2.17. The number of Topliss-reactive ketones (excluding diaryl/α,β-unsaturated/α-hetero) is 1. The lowest BCUT2D eigenvalue weighted by atomic mass is 9.89. The summed E-state index contributed by atoms with van der Waals surface area (Å²) in [6.07, 6.45) is 3.02. The first-order chi connectivity index (χ1) is 14.4. The van der Waals surface area contributed by atoms with Gasteiger partial charge in [-0.25, -0.2) is 4.40 Å². The molecule has 0 unspecified atom stereocenters. The van der Waals surface area contributed by atoms with Crippen LogP contribution in [0.25, 0.3) is 16.0 Å². The van der Waals surface area contributed by atoms with Crippen LogP contribution in [0, 0.1) is 5.92 Å². The third-order valence-corrected chi connectivity index (χ3v) is 8.05. The number of aromatic nitrogens is 4. The number of ketones is 1. The van der Waals surface area contributed by atoms with Crippen molar-refractivity contribution in [3.63, 3.8) is 0 Å². The van der Waals surface area contributed by atoms with Crippen LogP contribution in [0.5, 0.6) is 0 Å². The van der Waals surface area contributed by atoms with E-state index in [0.29, 0.717) is 27.4 Å². The Hall–Kier alpha value is -2.16. The number of fused-ring (bicyclic) bond motifs is 5. The molecule has 0 saturated carbocycles. The summed E-state index contributed by atoms with van der Waals surface area (Å²) in [5, 5.41) is 10.5. The number of thioether (sulfide) groups is 1. The Balaban J connectivity index is 1.57. The zero-order chi connectivity index (χ0) is 21.0. The molecule has 1 aliphatic rings. The topological polar surface area (TPSA) is 69.3 Å². The average molecular weight is 459 g/mol. The van der Waals surface area contributed by atoms with Crippen LogP contribution in [-0.2, 0) is 19.9 Å². The molecule has 0 amide bonds. The molecule has 30 heavy (non-hydrogen) atoms. The van der Waals surface area contributed by atoms with Gasteiger partial charge in [-0.15, -0.1) is 21.5 Å². The van der Waals surface area contributed by atoms with E-state index in [1.165, 1.54) is 22.2 Å². The molecule has 0 N–H and O–H groups in total. The predicted molar refractivity (Wildman–Crippen MR) is 121 cm³/mol. The van der Waals surface area contributed by atoms with E-state index in [1.807, 2.05) is 4.40 Å². The van der Waals surface area contributed by atoms with Crippen molar-refractivity contribution in [2.75, 3.05) is 5.75 Å². The molecular formula is C21H19ClN4O2S2. The van der Waals surface area contributed by atoms with Crippen molar-refractivity contribution in [2.45, 2.75) is 31.3 Å². The van der Waals surface area contributed by atoms with Gasteiger partial charge in [-0.05, 0) is 55.0 Å². The summed E-state index contributed by atoms with van der Waals surface area (Å²) in [5.74, 6) is 1.35. The molecule has 1 aromatic carbocycles. The van der Waals surface area contributed by atoms with Crippen LogP contribution >= 0.6 is 34.7 Å². The van der Waals surface area contributed by atoms with Crippen molar-refractivity contribution >= 4 is 56.5 Å². The summed E-state index contributed by atoms with van der Waals surface area (Å²) in [5.41, 5.74) is 1.77. The normalized spacial score (nSPS) is 16.3. The number of hydrogen-bond acceptors (Lipinski definition) is 6. The SMILES string of the molecule is C[C@H]1CCc2c(sc3c2c(=O)n(C)c2nnc(SCC(=O)c4ccc(Cl)cc4)n32)C1. The minimum atomic E-state index is -0.0225. The lowest BCUT2D eigenvalue weighted by Crippen LogP contribution is -2.21. The number of hydrogen-bond donors (Lipinski definition) is 0. The van der Waals surface area contributed by atoms with E-state index < -0.39 is 0 Å². The fraction of sp³-hybridized carbons (Fsp3) is 0.333. The van der Waals surface area contributed by atoms with Gasteiger partial charge in [0.15, 0.2) is 10.9 Å². The summed E-state index contributed by atoms with van der Waals surface area (Å²) in [6, 6.07) is 6.87. The van der Waals surface area contributed by atoms with Gasteiger partial charge in [0, 0.05) is 22.5 Å². The molecule has 3 aromatic heterocycles. The summed E-state index contributed by atoms with van der Waals surface area (Å²) in [7, 11) is 1.73. The van der Waals surface area contributed by atoms with Crippen LogP contribution in [0.15, 0.2) is 34.2 Å². The van der Waals surface area contributed by atoms with E-state index >= 15 is 0 Å². The molecule has 0 aliphatic heterocycles. The zero-order valence-electron chi connectivity index (χ0n) is 16.5. The second-order valence-electron chi connectivity index (χ2n) is 7.73. The maximum atomic E-state index is 13.1. The molecule has 0 bridgehead atoms. The van der Waals surface area contributed by atoms with Crippen molar-refractivity contribution in [1.82, 2.24) is 19.2 Å². The fourth-order valence-electron chi connectivity index (χ4n) is 3.97. The molecule has 1 aliphatic carbocycles. The second-order valence-corrected chi connectivity index (χ2v) is 10.2. The minimum absolute atomic E-state index is 0.00576. The van der Waals surface area contributed by atoms with Gasteiger partial charge >= 0.3 is 0 Å². The van der Waals surface area contributed by atoms with Gasteiger partial charge in [0.1, 0.15) is 4.83 Å². The molecule has 0 saturated heterocycles. The second kappa shape index (κ2) is 7.51. The molecule has 9 heteroatoms. The molecule has 6 nitrogen and oxygen atoms in total. The van der Waals surface area contributed by atoms with E-state index in [0.717, 1.165) is 29.5 Å². The minimum Gasteiger partial charge on any atom is -0.293 e. The quantitative estimate of drug-likeness (QED) is 0.335. The first kappa shape index (κ1) is 19.8. The third-order valence-electron chi connectivity index (χ3n) is 5.63. The first-order valence-electron chi connectivity index (χ1n) is 9.74. The maximum absolute atomic E-state index is 13.1. The monoisotopic (exact) mass is 458 g/mol. The van der Waals surface area contributed by atoms with Crippen LogP contribution in [0.1, 0.15) is 34.1 Å². The molecule has 4 aromatic rings. The van der Waals surface area contributed by atoms with Crippen molar-refractivity contribution in [3.8, 4) is 0 Å². The van der Waals surface area contributed by atoms with Gasteiger partial charge in [-0.3, -0.25) is 14.2 Å². The third kappa shape index (κ3) is 3.18. The van der Waals surface area contributed by atoms with Crippen LogP contribution in [0.4, 0.5) is 0 Å². The molecule has 0 radical (unpaired) electrons. The Kier molecular flexibility index (Phi) is 4.95. The number of thiophene rings is 1. The van der Waals surface area contributed by atoms with Crippen molar-refractivity contribution < 1.29 is 4.79 Å². The van der Waals surface area contributed by atoms with Gasteiger partial charge in [0.05, 0.1) is 11.1 Å². The molecule has 1 atom stereocenters. The number of halogens is 1. The Labute approximate surface area is 185 Å². The van der Waals surface area contributed by atoms with E-state index in [1.54, 1.807) is 47.2 Å². The summed E-state index contributed by atoms with van der Waals surface area (Å²) < 4.78 is 3.50. The fourth-order valence-corrected chi connectivity index (χ4v) is 6.48. The molecule has 0 spiro atoms. The smallest absolute Gasteiger partial charge is 0.263 e. The maximum Gasteiger partial charge on any atom is 0.263 e. The van der Waals surface area contributed by atoms with Crippen LogP contribution in [0.3, 0.4) is 0 Å². The number of nitrogens with zero attached hydrogens (tertiary/aromatic N) is 4. The largest absolute Gasteiger partial charge is 0.293 e. The van der Waals surface area contributed by atoms with E-state index in [-0.39, 0.29) is 17.1 Å². The summed E-state index contributed by atoms with van der Waals surface area (Å²) in [6.45, 7) is 2.25. The van der Waals surface area contributed by atoms with E-state index in [9.17, 15) is 9.59 Å². The van der Waals surface area contributed by atoms with E-state index in [4.69, 9.17) is 11.6 Å². The van der Waals surface area contributed by atoms with Crippen LogP contribution in [-0.4, -0.2) is 30.7 Å². The highest BCUT2D eigenvalue weighted by Crippen LogP contribution is 2.37. The van der Waals surface area contributed by atoms with Gasteiger partial charge in [-0.2, -0.15) is 0 Å². The highest BCUT2D eigenvalue weighted by atomic mass is 35.5. The van der Waals surface area contributed by atoms with Gasteiger partial charge in [-0.1, -0.05) is 30.3 Å². The van der Waals surface area contributed by atoms with Crippen molar-refractivity contribution in [1.29, 1.82) is 0 Å². The number of rotatable bonds is 4. The average Bonchev–Trinajstić information content (AvgIpc) is 3.31. The van der Waals surface area contributed by atoms with E-state index in [2.05, 4.69) is 17.1 Å². The van der Waals surface area contributed by atoms with Crippen molar-refractivity contribution in [3.05, 3.63) is 55.6 Å². The number of aryl methyl sites for hydroxylation is 2. The Morgan fingerprint density at radius 2 is 2.07 bits per heavy atom. The molecule has 3 heterocycles. The van der Waals surface area contributed by atoms with Gasteiger partial charge in [0.25, 0.3) is 5.56 Å². The Morgan fingerprint density at radius 3 is 2.83 bits per heavy atom. The van der Waals surface area contributed by atoms with Crippen LogP contribution < -0.4 is 5.56 Å². The number of carbonyl (C=O) groups excluding carboxylic acids is 1. The zero-order valence-corrected chi connectivity index (χ0v) is 18.9. The summed E-state index contributed by atoms with van der Waals surface area (Å²) in [4.78, 5) is 27.8. The summed E-state index contributed by atoms with van der Waals surface area (Å²) >= 11 is 8.91.